The SMILES string of the molecule is CCc1cc(NC(=O)CCc2ccccc2C)n[nH]1. The Morgan fingerprint density at radius 1 is 1.37 bits per heavy atom. The molecule has 4 heteroatoms. The van der Waals surface area contributed by atoms with E-state index in [9.17, 15) is 4.79 Å². The van der Waals surface area contributed by atoms with Crippen LogP contribution in [0.1, 0.15) is 30.2 Å². The molecule has 1 heterocycles. The number of anilines is 1. The number of aromatic nitrogens is 2. The van der Waals surface area contributed by atoms with Gasteiger partial charge in [0, 0.05) is 18.2 Å². The van der Waals surface area contributed by atoms with Crippen molar-refractivity contribution in [1.82, 2.24) is 10.2 Å². The van der Waals surface area contributed by atoms with Crippen molar-refractivity contribution in [3.05, 3.63) is 47.2 Å². The summed E-state index contributed by atoms with van der Waals surface area (Å²) >= 11 is 0. The number of rotatable bonds is 5. The van der Waals surface area contributed by atoms with Crippen LogP contribution in [0.25, 0.3) is 0 Å². The number of H-pyrrole nitrogens is 1. The smallest absolute Gasteiger partial charge is 0.225 e. The molecule has 19 heavy (non-hydrogen) atoms. The summed E-state index contributed by atoms with van der Waals surface area (Å²) in [5.41, 5.74) is 3.46. The number of amides is 1. The van der Waals surface area contributed by atoms with E-state index in [2.05, 4.69) is 34.6 Å². The monoisotopic (exact) mass is 257 g/mol. The predicted molar refractivity (Wildman–Crippen MR) is 76.1 cm³/mol. The average Bonchev–Trinajstić information content (AvgIpc) is 2.85. The fourth-order valence-electron chi connectivity index (χ4n) is 1.95. The Kier molecular flexibility index (Phi) is 4.34. The lowest BCUT2D eigenvalue weighted by Crippen LogP contribution is -2.12. The van der Waals surface area contributed by atoms with Crippen molar-refractivity contribution < 1.29 is 4.79 Å². The summed E-state index contributed by atoms with van der Waals surface area (Å²) in [4.78, 5) is 11.8. The van der Waals surface area contributed by atoms with Crippen LogP contribution in [0.15, 0.2) is 30.3 Å². The molecule has 0 bridgehead atoms. The van der Waals surface area contributed by atoms with Gasteiger partial charge in [-0.3, -0.25) is 9.89 Å². The van der Waals surface area contributed by atoms with E-state index >= 15 is 0 Å². The summed E-state index contributed by atoms with van der Waals surface area (Å²) in [5, 5.41) is 9.73. The first-order valence-corrected chi connectivity index (χ1v) is 6.57. The van der Waals surface area contributed by atoms with Crippen molar-refractivity contribution in [3.63, 3.8) is 0 Å². The Labute approximate surface area is 113 Å². The van der Waals surface area contributed by atoms with Gasteiger partial charge in [-0.1, -0.05) is 31.2 Å². The Morgan fingerprint density at radius 2 is 2.16 bits per heavy atom. The highest BCUT2D eigenvalue weighted by molar-refractivity contribution is 5.89. The molecule has 1 amide bonds. The minimum Gasteiger partial charge on any atom is -0.309 e. The third-order valence-electron chi connectivity index (χ3n) is 3.16. The molecule has 0 aliphatic rings. The molecule has 4 nitrogen and oxygen atoms in total. The third-order valence-corrected chi connectivity index (χ3v) is 3.16. The van der Waals surface area contributed by atoms with E-state index in [1.165, 1.54) is 11.1 Å². The van der Waals surface area contributed by atoms with Crippen LogP contribution in [0.4, 0.5) is 5.82 Å². The molecule has 0 aliphatic heterocycles. The zero-order valence-corrected chi connectivity index (χ0v) is 11.4. The molecule has 0 atom stereocenters. The zero-order valence-electron chi connectivity index (χ0n) is 11.4. The van der Waals surface area contributed by atoms with Gasteiger partial charge in [-0.2, -0.15) is 5.10 Å². The lowest BCUT2D eigenvalue weighted by atomic mass is 10.0. The van der Waals surface area contributed by atoms with Gasteiger partial charge in [-0.15, -0.1) is 0 Å². The maximum Gasteiger partial charge on any atom is 0.225 e. The molecule has 2 aromatic rings. The number of hydrogen-bond acceptors (Lipinski definition) is 2. The van der Waals surface area contributed by atoms with Crippen LogP contribution in [-0.4, -0.2) is 16.1 Å². The van der Waals surface area contributed by atoms with Crippen LogP contribution >= 0.6 is 0 Å². The van der Waals surface area contributed by atoms with Crippen molar-refractivity contribution in [1.29, 1.82) is 0 Å². The summed E-state index contributed by atoms with van der Waals surface area (Å²) in [6.45, 7) is 4.10. The van der Waals surface area contributed by atoms with Gasteiger partial charge < -0.3 is 5.32 Å². The zero-order chi connectivity index (χ0) is 13.7. The van der Waals surface area contributed by atoms with E-state index in [1.54, 1.807) is 0 Å². The molecule has 1 aromatic carbocycles. The summed E-state index contributed by atoms with van der Waals surface area (Å²) in [7, 11) is 0. The van der Waals surface area contributed by atoms with E-state index in [0.717, 1.165) is 18.5 Å². The molecule has 0 spiro atoms. The number of nitrogens with zero attached hydrogens (tertiary/aromatic N) is 1. The maximum absolute atomic E-state index is 11.8. The molecule has 2 rings (SSSR count). The van der Waals surface area contributed by atoms with E-state index in [1.807, 2.05) is 25.1 Å². The van der Waals surface area contributed by atoms with Gasteiger partial charge >= 0.3 is 0 Å². The summed E-state index contributed by atoms with van der Waals surface area (Å²) < 4.78 is 0. The highest BCUT2D eigenvalue weighted by Gasteiger charge is 2.06. The van der Waals surface area contributed by atoms with Crippen molar-refractivity contribution in [2.75, 3.05) is 5.32 Å². The van der Waals surface area contributed by atoms with Crippen LogP contribution in [0, 0.1) is 6.92 Å². The first-order chi connectivity index (χ1) is 9.19. The topological polar surface area (TPSA) is 57.8 Å². The highest BCUT2D eigenvalue weighted by Crippen LogP contribution is 2.11. The lowest BCUT2D eigenvalue weighted by molar-refractivity contribution is -0.116. The molecule has 0 radical (unpaired) electrons. The fraction of sp³-hybridized carbons (Fsp3) is 0.333. The first-order valence-electron chi connectivity index (χ1n) is 6.57. The molecule has 0 saturated heterocycles. The fourth-order valence-corrected chi connectivity index (χ4v) is 1.95. The van der Waals surface area contributed by atoms with Crippen LogP contribution in [0.5, 0.6) is 0 Å². The van der Waals surface area contributed by atoms with Gasteiger partial charge in [0.25, 0.3) is 0 Å². The Hall–Kier alpha value is -2.10. The minimum atomic E-state index is -0.00240. The van der Waals surface area contributed by atoms with Gasteiger partial charge in [0.15, 0.2) is 5.82 Å². The second kappa shape index (κ2) is 6.18. The van der Waals surface area contributed by atoms with Crippen molar-refractivity contribution in [2.24, 2.45) is 0 Å². The van der Waals surface area contributed by atoms with Gasteiger partial charge in [0.05, 0.1) is 0 Å². The normalized spacial score (nSPS) is 10.4. The molecular formula is C15H19N3O. The van der Waals surface area contributed by atoms with Gasteiger partial charge in [0.1, 0.15) is 0 Å². The van der Waals surface area contributed by atoms with E-state index in [0.29, 0.717) is 12.2 Å². The number of nitrogens with one attached hydrogen (secondary N) is 2. The third kappa shape index (κ3) is 3.68. The maximum atomic E-state index is 11.8. The highest BCUT2D eigenvalue weighted by atomic mass is 16.1. The summed E-state index contributed by atoms with van der Waals surface area (Å²) in [6.07, 6.45) is 2.11. The minimum absolute atomic E-state index is 0.00240. The van der Waals surface area contributed by atoms with Crippen LogP contribution in [0.2, 0.25) is 0 Å². The van der Waals surface area contributed by atoms with Crippen LogP contribution in [-0.2, 0) is 17.6 Å². The number of carbonyl (C=O) groups is 1. The molecule has 2 N–H and O–H groups in total. The van der Waals surface area contributed by atoms with Crippen molar-refractivity contribution >= 4 is 11.7 Å². The Morgan fingerprint density at radius 3 is 2.84 bits per heavy atom. The number of aryl methyl sites for hydroxylation is 3. The van der Waals surface area contributed by atoms with Gasteiger partial charge in [-0.25, -0.2) is 0 Å². The van der Waals surface area contributed by atoms with E-state index in [4.69, 9.17) is 0 Å². The molecule has 0 aliphatic carbocycles. The largest absolute Gasteiger partial charge is 0.309 e. The first kappa shape index (κ1) is 13.3. The molecule has 100 valence electrons. The number of benzene rings is 1. The molecule has 1 aromatic heterocycles. The quantitative estimate of drug-likeness (QED) is 0.865. The number of carbonyl (C=O) groups excluding carboxylic acids is 1. The number of aromatic amines is 1. The Balaban J connectivity index is 1.86. The second-order valence-corrected chi connectivity index (χ2v) is 4.61. The molecule has 0 saturated carbocycles. The standard InChI is InChI=1S/C15H19N3O/c1-3-13-10-14(18-17-13)16-15(19)9-8-12-7-5-4-6-11(12)2/h4-7,10H,3,8-9H2,1-2H3,(H2,16,17,18,19). The van der Waals surface area contributed by atoms with Crippen molar-refractivity contribution in [2.45, 2.75) is 33.1 Å². The van der Waals surface area contributed by atoms with Crippen LogP contribution < -0.4 is 5.32 Å². The van der Waals surface area contributed by atoms with Gasteiger partial charge in [-0.05, 0) is 30.9 Å². The van der Waals surface area contributed by atoms with E-state index < -0.39 is 0 Å². The van der Waals surface area contributed by atoms with Gasteiger partial charge in [0.2, 0.25) is 5.91 Å². The molecule has 0 unspecified atom stereocenters. The molecular weight excluding hydrogens is 238 g/mol. The van der Waals surface area contributed by atoms with E-state index in [-0.39, 0.29) is 5.91 Å². The Bertz CT molecular complexity index is 560. The predicted octanol–water partition coefficient (Wildman–Crippen LogP) is 2.85. The molecule has 0 fully saturated rings. The average molecular weight is 257 g/mol. The summed E-state index contributed by atoms with van der Waals surface area (Å²) in [6, 6.07) is 10.0. The second-order valence-electron chi connectivity index (χ2n) is 4.61. The van der Waals surface area contributed by atoms with Crippen LogP contribution in [0.3, 0.4) is 0 Å². The van der Waals surface area contributed by atoms with Crippen molar-refractivity contribution in [3.8, 4) is 0 Å². The number of hydrogen-bond donors (Lipinski definition) is 2. The lowest BCUT2D eigenvalue weighted by Gasteiger charge is -2.05. The summed E-state index contributed by atoms with van der Waals surface area (Å²) in [5.74, 6) is 0.601.